The second-order valence-corrected chi connectivity index (χ2v) is 7.63. The van der Waals surface area contributed by atoms with E-state index in [4.69, 9.17) is 9.47 Å². The molecule has 1 N–H and O–H groups in total. The number of carbonyl (C=O) groups excluding carboxylic acids is 1. The number of hydrogen-bond acceptors (Lipinski definition) is 4. The number of hydrogen-bond donors (Lipinski definition) is 1. The lowest BCUT2D eigenvalue weighted by molar-refractivity contribution is -0.124. The molecule has 0 spiro atoms. The molecule has 6 nitrogen and oxygen atoms in total. The maximum atomic E-state index is 12.6. The minimum atomic E-state index is -0.154. The fourth-order valence-corrected chi connectivity index (χ4v) is 4.00. The van der Waals surface area contributed by atoms with Gasteiger partial charge in [-0.3, -0.25) is 4.79 Å². The number of aromatic nitrogens is 2. The van der Waals surface area contributed by atoms with Crippen LogP contribution in [-0.2, 0) is 11.2 Å². The summed E-state index contributed by atoms with van der Waals surface area (Å²) in [6, 6.07) is 13.5. The SMILES string of the molecule is COc1ccccc1OCC(=O)N[C@H]1CCCc2c1cnn2-c1cccc(C)c1C. The van der Waals surface area contributed by atoms with Gasteiger partial charge >= 0.3 is 0 Å². The van der Waals surface area contributed by atoms with Crippen molar-refractivity contribution in [2.45, 2.75) is 39.2 Å². The number of para-hydroxylation sites is 2. The number of fused-ring (bicyclic) bond motifs is 1. The molecule has 0 radical (unpaired) electrons. The number of carbonyl (C=O) groups is 1. The first-order chi connectivity index (χ1) is 14.6. The number of benzene rings is 2. The van der Waals surface area contributed by atoms with E-state index in [1.807, 2.05) is 29.1 Å². The van der Waals surface area contributed by atoms with Gasteiger partial charge in [-0.05, 0) is 62.4 Å². The lowest BCUT2D eigenvalue weighted by Crippen LogP contribution is -2.34. The monoisotopic (exact) mass is 405 g/mol. The van der Waals surface area contributed by atoms with E-state index in [0.717, 1.165) is 30.5 Å². The van der Waals surface area contributed by atoms with Crippen LogP contribution in [0, 0.1) is 13.8 Å². The highest BCUT2D eigenvalue weighted by Gasteiger charge is 2.26. The van der Waals surface area contributed by atoms with Crippen molar-refractivity contribution < 1.29 is 14.3 Å². The van der Waals surface area contributed by atoms with Crippen LogP contribution in [0.5, 0.6) is 11.5 Å². The molecule has 0 bridgehead atoms. The Bertz CT molecular complexity index is 1060. The van der Waals surface area contributed by atoms with Crippen LogP contribution in [0.15, 0.2) is 48.7 Å². The van der Waals surface area contributed by atoms with Crippen molar-refractivity contribution in [1.29, 1.82) is 0 Å². The fraction of sp³-hybridized carbons (Fsp3) is 0.333. The van der Waals surface area contributed by atoms with Crippen molar-refractivity contribution in [2.75, 3.05) is 13.7 Å². The molecule has 1 aliphatic carbocycles. The summed E-state index contributed by atoms with van der Waals surface area (Å²) in [6.07, 6.45) is 4.74. The molecule has 1 aromatic heterocycles. The van der Waals surface area contributed by atoms with Crippen LogP contribution in [-0.4, -0.2) is 29.4 Å². The van der Waals surface area contributed by atoms with Crippen molar-refractivity contribution in [3.05, 3.63) is 71.0 Å². The third-order valence-electron chi connectivity index (χ3n) is 5.75. The Morgan fingerprint density at radius 3 is 2.77 bits per heavy atom. The van der Waals surface area contributed by atoms with E-state index < -0.39 is 0 Å². The third kappa shape index (κ3) is 3.90. The summed E-state index contributed by atoms with van der Waals surface area (Å²) in [6.45, 7) is 4.17. The summed E-state index contributed by atoms with van der Waals surface area (Å²) in [5, 5.41) is 7.78. The van der Waals surface area contributed by atoms with Gasteiger partial charge in [0.2, 0.25) is 0 Å². The zero-order valence-corrected chi connectivity index (χ0v) is 17.6. The Labute approximate surface area is 176 Å². The molecule has 4 rings (SSSR count). The highest BCUT2D eigenvalue weighted by Crippen LogP contribution is 2.32. The second kappa shape index (κ2) is 8.61. The molecule has 2 aromatic carbocycles. The number of methoxy groups -OCH3 is 1. The zero-order valence-electron chi connectivity index (χ0n) is 17.6. The molecule has 1 atom stereocenters. The number of ether oxygens (including phenoxy) is 2. The predicted octanol–water partition coefficient (Wildman–Crippen LogP) is 4.07. The Hall–Kier alpha value is -3.28. The summed E-state index contributed by atoms with van der Waals surface area (Å²) in [5.74, 6) is 1.01. The van der Waals surface area contributed by atoms with Gasteiger partial charge in [-0.2, -0.15) is 5.10 Å². The number of rotatable bonds is 6. The van der Waals surface area contributed by atoms with E-state index in [2.05, 4.69) is 42.5 Å². The van der Waals surface area contributed by atoms with Gasteiger partial charge in [0.05, 0.1) is 25.0 Å². The first-order valence-electron chi connectivity index (χ1n) is 10.3. The van der Waals surface area contributed by atoms with Gasteiger partial charge in [-0.1, -0.05) is 24.3 Å². The van der Waals surface area contributed by atoms with Gasteiger partial charge in [0, 0.05) is 11.3 Å². The fourth-order valence-electron chi connectivity index (χ4n) is 4.00. The topological polar surface area (TPSA) is 65.4 Å². The minimum Gasteiger partial charge on any atom is -0.493 e. The largest absolute Gasteiger partial charge is 0.493 e. The van der Waals surface area contributed by atoms with Gasteiger partial charge in [0.15, 0.2) is 18.1 Å². The summed E-state index contributed by atoms with van der Waals surface area (Å²) >= 11 is 0. The molecule has 1 heterocycles. The minimum absolute atomic E-state index is 0.0543. The van der Waals surface area contributed by atoms with E-state index in [1.165, 1.54) is 16.8 Å². The first kappa shape index (κ1) is 20.0. The molecule has 1 amide bonds. The lowest BCUT2D eigenvalue weighted by Gasteiger charge is -2.24. The molecular weight excluding hydrogens is 378 g/mol. The summed E-state index contributed by atoms with van der Waals surface area (Å²) in [4.78, 5) is 12.6. The van der Waals surface area contributed by atoms with Crippen molar-refractivity contribution in [1.82, 2.24) is 15.1 Å². The van der Waals surface area contributed by atoms with Crippen molar-refractivity contribution in [2.24, 2.45) is 0 Å². The molecule has 6 heteroatoms. The Morgan fingerprint density at radius 2 is 1.97 bits per heavy atom. The van der Waals surface area contributed by atoms with Crippen LogP contribution in [0.25, 0.3) is 5.69 Å². The van der Waals surface area contributed by atoms with Crippen molar-refractivity contribution >= 4 is 5.91 Å². The Balaban J connectivity index is 1.48. The van der Waals surface area contributed by atoms with Gasteiger partial charge in [0.25, 0.3) is 5.91 Å². The molecule has 0 fully saturated rings. The maximum Gasteiger partial charge on any atom is 0.258 e. The summed E-state index contributed by atoms with van der Waals surface area (Å²) in [7, 11) is 1.58. The molecule has 3 aromatic rings. The molecule has 1 aliphatic rings. The molecule has 0 aliphatic heterocycles. The summed E-state index contributed by atoms with van der Waals surface area (Å²) < 4.78 is 13.0. The summed E-state index contributed by atoms with van der Waals surface area (Å²) in [5.41, 5.74) is 5.83. The van der Waals surface area contributed by atoms with Crippen molar-refractivity contribution in [3.8, 4) is 17.2 Å². The van der Waals surface area contributed by atoms with Crippen LogP contribution in [0.3, 0.4) is 0 Å². The maximum absolute atomic E-state index is 12.6. The third-order valence-corrected chi connectivity index (χ3v) is 5.75. The predicted molar refractivity (Wildman–Crippen MR) is 115 cm³/mol. The molecule has 0 saturated heterocycles. The molecular formula is C24H27N3O3. The molecule has 30 heavy (non-hydrogen) atoms. The van der Waals surface area contributed by atoms with Gasteiger partial charge in [-0.15, -0.1) is 0 Å². The molecule has 0 saturated carbocycles. The zero-order chi connectivity index (χ0) is 21.1. The van der Waals surface area contributed by atoms with Crippen LogP contribution in [0.4, 0.5) is 0 Å². The lowest BCUT2D eigenvalue weighted by atomic mass is 9.92. The number of nitrogens with zero attached hydrogens (tertiary/aromatic N) is 2. The Morgan fingerprint density at radius 1 is 1.17 bits per heavy atom. The number of amides is 1. The van der Waals surface area contributed by atoms with Gasteiger partial charge < -0.3 is 14.8 Å². The van der Waals surface area contributed by atoms with E-state index in [0.29, 0.717) is 11.5 Å². The molecule has 156 valence electrons. The number of nitrogens with one attached hydrogen (secondary N) is 1. The van der Waals surface area contributed by atoms with Gasteiger partial charge in [-0.25, -0.2) is 4.68 Å². The van der Waals surface area contributed by atoms with Crippen LogP contribution in [0.1, 0.15) is 41.3 Å². The highest BCUT2D eigenvalue weighted by atomic mass is 16.5. The van der Waals surface area contributed by atoms with E-state index in [1.54, 1.807) is 13.2 Å². The highest BCUT2D eigenvalue weighted by molar-refractivity contribution is 5.78. The number of aryl methyl sites for hydroxylation is 1. The van der Waals surface area contributed by atoms with Gasteiger partial charge in [0.1, 0.15) is 0 Å². The second-order valence-electron chi connectivity index (χ2n) is 7.63. The average molecular weight is 405 g/mol. The average Bonchev–Trinajstić information content (AvgIpc) is 3.19. The Kier molecular flexibility index (Phi) is 5.74. The van der Waals surface area contributed by atoms with Crippen molar-refractivity contribution in [3.63, 3.8) is 0 Å². The smallest absolute Gasteiger partial charge is 0.258 e. The van der Waals surface area contributed by atoms with E-state index >= 15 is 0 Å². The normalized spacial score (nSPS) is 15.4. The van der Waals surface area contributed by atoms with E-state index in [9.17, 15) is 4.79 Å². The van der Waals surface area contributed by atoms with E-state index in [-0.39, 0.29) is 18.6 Å². The van der Waals surface area contributed by atoms with Crippen LogP contribution < -0.4 is 14.8 Å². The van der Waals surface area contributed by atoms with Crippen LogP contribution >= 0.6 is 0 Å². The quantitative estimate of drug-likeness (QED) is 0.671. The first-order valence-corrected chi connectivity index (χ1v) is 10.3. The standard InChI is InChI=1S/C24H27N3O3/c1-16-8-6-10-20(17(16)2)27-21-11-7-9-19(18(21)14-25-27)26-24(28)15-30-23-13-5-4-12-22(23)29-3/h4-6,8,10,12-14,19H,7,9,11,15H2,1-3H3,(H,26,28)/t19-/m0/s1. The van der Waals surface area contributed by atoms with Crippen LogP contribution in [0.2, 0.25) is 0 Å². The molecule has 0 unspecified atom stereocenters.